The fourth-order valence-corrected chi connectivity index (χ4v) is 1.56. The van der Waals surface area contributed by atoms with Gasteiger partial charge in [0.2, 0.25) is 5.91 Å². The molecule has 0 heterocycles. The summed E-state index contributed by atoms with van der Waals surface area (Å²) >= 11 is 0. The molecule has 100 valence electrons. The summed E-state index contributed by atoms with van der Waals surface area (Å²) in [5.74, 6) is -1.93. The van der Waals surface area contributed by atoms with E-state index in [9.17, 15) is 18.7 Å². The van der Waals surface area contributed by atoms with Gasteiger partial charge in [0.15, 0.2) is 11.6 Å². The van der Waals surface area contributed by atoms with Crippen molar-refractivity contribution in [1.29, 1.82) is 0 Å². The molecule has 1 aromatic carbocycles. The van der Waals surface area contributed by atoms with Gasteiger partial charge in [0.25, 0.3) is 0 Å². The lowest BCUT2D eigenvalue weighted by molar-refractivity contribution is -0.128. The van der Waals surface area contributed by atoms with Crippen molar-refractivity contribution in [1.82, 2.24) is 4.90 Å². The van der Waals surface area contributed by atoms with Crippen LogP contribution >= 0.6 is 0 Å². The van der Waals surface area contributed by atoms with Crippen molar-refractivity contribution in [2.45, 2.75) is 25.4 Å². The molecule has 3 nitrogen and oxygen atoms in total. The molecular formula is C13H17F2NO2. The SMILES string of the molecule is CN(C)C(=O)CCCC(O)c1ccc(F)c(F)c1. The molecule has 1 atom stereocenters. The third-order valence-electron chi connectivity index (χ3n) is 2.70. The Labute approximate surface area is 105 Å². The van der Waals surface area contributed by atoms with Crippen LogP contribution in [0.15, 0.2) is 18.2 Å². The molecule has 0 bridgehead atoms. The fraction of sp³-hybridized carbons (Fsp3) is 0.462. The maximum atomic E-state index is 12.9. The first-order valence-corrected chi connectivity index (χ1v) is 5.75. The molecule has 0 aromatic heterocycles. The summed E-state index contributed by atoms with van der Waals surface area (Å²) in [4.78, 5) is 12.8. The molecule has 0 aliphatic heterocycles. The first-order chi connectivity index (χ1) is 8.41. The van der Waals surface area contributed by atoms with Gasteiger partial charge in [-0.1, -0.05) is 6.07 Å². The molecule has 0 spiro atoms. The highest BCUT2D eigenvalue weighted by atomic mass is 19.2. The molecule has 5 heteroatoms. The maximum absolute atomic E-state index is 12.9. The number of halogens is 2. The van der Waals surface area contributed by atoms with E-state index in [0.29, 0.717) is 24.8 Å². The Morgan fingerprint density at radius 2 is 2.00 bits per heavy atom. The Morgan fingerprint density at radius 1 is 1.33 bits per heavy atom. The predicted molar refractivity (Wildman–Crippen MR) is 63.9 cm³/mol. The molecule has 1 N–H and O–H groups in total. The molecule has 1 rings (SSSR count). The van der Waals surface area contributed by atoms with Crippen LogP contribution in [0.2, 0.25) is 0 Å². The zero-order valence-corrected chi connectivity index (χ0v) is 10.5. The third kappa shape index (κ3) is 4.07. The van der Waals surface area contributed by atoms with Crippen LogP contribution in [0, 0.1) is 11.6 Å². The maximum Gasteiger partial charge on any atom is 0.222 e. The quantitative estimate of drug-likeness (QED) is 0.879. The average Bonchev–Trinajstić information content (AvgIpc) is 2.32. The first-order valence-electron chi connectivity index (χ1n) is 5.75. The highest BCUT2D eigenvalue weighted by Gasteiger charge is 2.12. The van der Waals surface area contributed by atoms with Crippen molar-refractivity contribution >= 4 is 5.91 Å². The van der Waals surface area contributed by atoms with Crippen molar-refractivity contribution in [2.75, 3.05) is 14.1 Å². The van der Waals surface area contributed by atoms with Gasteiger partial charge < -0.3 is 10.0 Å². The summed E-state index contributed by atoms with van der Waals surface area (Å²) in [5, 5.41) is 9.77. The molecule has 0 aliphatic carbocycles. The second-order valence-corrected chi connectivity index (χ2v) is 4.37. The highest BCUT2D eigenvalue weighted by Crippen LogP contribution is 2.21. The van der Waals surface area contributed by atoms with E-state index in [1.807, 2.05) is 0 Å². The monoisotopic (exact) mass is 257 g/mol. The standard InChI is InChI=1S/C13H17F2NO2/c1-16(2)13(18)5-3-4-12(17)9-6-7-10(14)11(15)8-9/h6-8,12,17H,3-5H2,1-2H3. The molecule has 0 fully saturated rings. The number of rotatable bonds is 5. The number of carbonyl (C=O) groups is 1. The molecule has 18 heavy (non-hydrogen) atoms. The number of amides is 1. The van der Waals surface area contributed by atoms with Crippen LogP contribution in [0.25, 0.3) is 0 Å². The van der Waals surface area contributed by atoms with Gasteiger partial charge >= 0.3 is 0 Å². The van der Waals surface area contributed by atoms with Gasteiger partial charge in [-0.05, 0) is 30.5 Å². The van der Waals surface area contributed by atoms with Crippen molar-refractivity contribution in [3.8, 4) is 0 Å². The van der Waals surface area contributed by atoms with Crippen molar-refractivity contribution < 1.29 is 18.7 Å². The summed E-state index contributed by atoms with van der Waals surface area (Å²) in [6.45, 7) is 0. The van der Waals surface area contributed by atoms with Gasteiger partial charge in [-0.25, -0.2) is 8.78 Å². The minimum atomic E-state index is -0.976. The van der Waals surface area contributed by atoms with E-state index in [1.165, 1.54) is 11.0 Å². The Hall–Kier alpha value is -1.49. The van der Waals surface area contributed by atoms with Gasteiger partial charge in [-0.2, -0.15) is 0 Å². The Morgan fingerprint density at radius 3 is 2.56 bits per heavy atom. The van der Waals surface area contributed by atoms with Crippen LogP contribution in [0.4, 0.5) is 8.78 Å². The summed E-state index contributed by atoms with van der Waals surface area (Å²) in [6.07, 6.45) is 0.283. The molecule has 1 aromatic rings. The first kappa shape index (κ1) is 14.6. The lowest BCUT2D eigenvalue weighted by atomic mass is 10.0. The van der Waals surface area contributed by atoms with E-state index in [1.54, 1.807) is 14.1 Å². The van der Waals surface area contributed by atoms with Crippen LogP contribution in [0.1, 0.15) is 30.9 Å². The molecule has 0 aliphatic rings. The molecule has 0 radical (unpaired) electrons. The van der Waals surface area contributed by atoms with Crippen molar-refractivity contribution in [3.05, 3.63) is 35.4 Å². The number of aliphatic hydroxyl groups is 1. The van der Waals surface area contributed by atoms with E-state index in [2.05, 4.69) is 0 Å². The molecule has 1 unspecified atom stereocenters. The summed E-state index contributed by atoms with van der Waals surface area (Å²) in [6, 6.07) is 3.31. The van der Waals surface area contributed by atoms with Gasteiger partial charge in [-0.3, -0.25) is 4.79 Å². The van der Waals surface area contributed by atoms with Crippen LogP contribution in [-0.2, 0) is 4.79 Å². The smallest absolute Gasteiger partial charge is 0.222 e. The van der Waals surface area contributed by atoms with Gasteiger partial charge in [-0.15, -0.1) is 0 Å². The minimum absolute atomic E-state index is 0.0208. The van der Waals surface area contributed by atoms with Gasteiger partial charge in [0.05, 0.1) is 6.10 Å². The lowest BCUT2D eigenvalue weighted by Crippen LogP contribution is -2.21. The van der Waals surface area contributed by atoms with Gasteiger partial charge in [0, 0.05) is 20.5 Å². The van der Waals surface area contributed by atoms with Crippen LogP contribution in [0.5, 0.6) is 0 Å². The van der Waals surface area contributed by atoms with Crippen LogP contribution in [-0.4, -0.2) is 30.0 Å². The highest BCUT2D eigenvalue weighted by molar-refractivity contribution is 5.75. The number of benzene rings is 1. The number of aliphatic hydroxyl groups excluding tert-OH is 1. The van der Waals surface area contributed by atoms with Crippen molar-refractivity contribution in [3.63, 3.8) is 0 Å². The van der Waals surface area contributed by atoms with E-state index in [-0.39, 0.29) is 5.91 Å². The zero-order valence-electron chi connectivity index (χ0n) is 10.5. The summed E-state index contributed by atoms with van der Waals surface area (Å²) < 4.78 is 25.7. The molecule has 1 amide bonds. The normalized spacial score (nSPS) is 12.3. The van der Waals surface area contributed by atoms with Crippen molar-refractivity contribution in [2.24, 2.45) is 0 Å². The zero-order chi connectivity index (χ0) is 13.7. The number of nitrogens with zero attached hydrogens (tertiary/aromatic N) is 1. The fourth-order valence-electron chi connectivity index (χ4n) is 1.56. The number of carbonyl (C=O) groups excluding carboxylic acids is 1. The minimum Gasteiger partial charge on any atom is -0.388 e. The second-order valence-electron chi connectivity index (χ2n) is 4.37. The largest absolute Gasteiger partial charge is 0.388 e. The number of hydrogen-bond acceptors (Lipinski definition) is 2. The Balaban J connectivity index is 2.48. The number of hydrogen-bond donors (Lipinski definition) is 1. The predicted octanol–water partition coefficient (Wildman–Crippen LogP) is 2.26. The average molecular weight is 257 g/mol. The van der Waals surface area contributed by atoms with E-state index < -0.39 is 17.7 Å². The van der Waals surface area contributed by atoms with E-state index in [4.69, 9.17) is 0 Å². The summed E-state index contributed by atoms with van der Waals surface area (Å²) in [7, 11) is 3.32. The van der Waals surface area contributed by atoms with E-state index >= 15 is 0 Å². The van der Waals surface area contributed by atoms with Crippen LogP contribution < -0.4 is 0 Å². The van der Waals surface area contributed by atoms with Gasteiger partial charge in [0.1, 0.15) is 0 Å². The third-order valence-corrected chi connectivity index (χ3v) is 2.70. The molecule has 0 saturated carbocycles. The second kappa shape index (κ2) is 6.44. The van der Waals surface area contributed by atoms with Crippen LogP contribution in [0.3, 0.4) is 0 Å². The summed E-state index contributed by atoms with van der Waals surface area (Å²) in [5.41, 5.74) is 0.325. The van der Waals surface area contributed by atoms with E-state index in [0.717, 1.165) is 12.1 Å². The lowest BCUT2D eigenvalue weighted by Gasteiger charge is -2.13. The Kier molecular flexibility index (Phi) is 5.22. The molecule has 0 saturated heterocycles. The topological polar surface area (TPSA) is 40.5 Å². The Bertz CT molecular complexity index is 421. The molecular weight excluding hydrogens is 240 g/mol.